The molecule has 0 radical (unpaired) electrons. The molecule has 29 heavy (non-hydrogen) atoms. The summed E-state index contributed by atoms with van der Waals surface area (Å²) in [5, 5.41) is 7.69. The predicted octanol–water partition coefficient (Wildman–Crippen LogP) is 5.67. The Kier molecular flexibility index (Phi) is 7.14. The van der Waals surface area contributed by atoms with Gasteiger partial charge in [0.1, 0.15) is 0 Å². The standard InChI is InChI=1S/C23H27ClN2O2S/c1-16-6-5-7-17(14-16)10-13-23(11-3-4-12-23)26-22(29)25-18-8-9-20(24)19(15-18)21(27)28-2/h5-9,14-15H,3-4,10-13H2,1-2H3,(H2,25,26,29). The number of hydrogen-bond acceptors (Lipinski definition) is 3. The minimum Gasteiger partial charge on any atom is -0.465 e. The molecule has 0 unspecified atom stereocenters. The molecular weight excluding hydrogens is 404 g/mol. The first kappa shape index (κ1) is 21.6. The van der Waals surface area contributed by atoms with Gasteiger partial charge in [0.05, 0.1) is 17.7 Å². The Bertz CT molecular complexity index is 894. The molecule has 1 aliphatic rings. The zero-order valence-corrected chi connectivity index (χ0v) is 18.5. The number of hydrogen-bond donors (Lipinski definition) is 2. The largest absolute Gasteiger partial charge is 0.465 e. The molecule has 2 aromatic carbocycles. The summed E-state index contributed by atoms with van der Waals surface area (Å²) in [6.07, 6.45) is 6.67. The summed E-state index contributed by atoms with van der Waals surface area (Å²) in [6, 6.07) is 13.8. The van der Waals surface area contributed by atoms with Crippen molar-refractivity contribution >= 4 is 40.6 Å². The Morgan fingerprint density at radius 1 is 1.21 bits per heavy atom. The summed E-state index contributed by atoms with van der Waals surface area (Å²) < 4.78 is 4.78. The van der Waals surface area contributed by atoms with Crippen molar-refractivity contribution in [3.05, 3.63) is 64.2 Å². The van der Waals surface area contributed by atoms with E-state index in [1.807, 2.05) is 0 Å². The van der Waals surface area contributed by atoms with Crippen molar-refractivity contribution in [3.63, 3.8) is 0 Å². The third kappa shape index (κ3) is 5.71. The summed E-state index contributed by atoms with van der Waals surface area (Å²) in [5.41, 5.74) is 3.68. The third-order valence-electron chi connectivity index (χ3n) is 5.54. The molecule has 0 spiro atoms. The summed E-state index contributed by atoms with van der Waals surface area (Å²) in [7, 11) is 1.34. The van der Waals surface area contributed by atoms with Gasteiger partial charge in [0.15, 0.2) is 5.11 Å². The number of aryl methyl sites for hydroxylation is 2. The molecule has 3 rings (SSSR count). The van der Waals surface area contributed by atoms with Gasteiger partial charge in [-0.2, -0.15) is 0 Å². The van der Waals surface area contributed by atoms with E-state index in [1.54, 1.807) is 18.2 Å². The fraction of sp³-hybridized carbons (Fsp3) is 0.391. The van der Waals surface area contributed by atoms with E-state index in [0.29, 0.717) is 21.4 Å². The molecule has 0 aliphatic heterocycles. The van der Waals surface area contributed by atoms with E-state index in [1.165, 1.54) is 31.1 Å². The van der Waals surface area contributed by atoms with Crippen molar-refractivity contribution in [1.29, 1.82) is 0 Å². The minimum atomic E-state index is -0.469. The average molecular weight is 431 g/mol. The first-order chi connectivity index (χ1) is 13.9. The van der Waals surface area contributed by atoms with Crippen LogP contribution >= 0.6 is 23.8 Å². The molecule has 2 aromatic rings. The van der Waals surface area contributed by atoms with Gasteiger partial charge in [-0.3, -0.25) is 0 Å². The first-order valence-corrected chi connectivity index (χ1v) is 10.7. The normalized spacial score (nSPS) is 15.0. The summed E-state index contributed by atoms with van der Waals surface area (Å²) in [4.78, 5) is 11.9. The Morgan fingerprint density at radius 3 is 2.66 bits per heavy atom. The number of carbonyl (C=O) groups excluding carboxylic acids is 1. The van der Waals surface area contributed by atoms with Gasteiger partial charge >= 0.3 is 5.97 Å². The average Bonchev–Trinajstić information content (AvgIpc) is 3.16. The lowest BCUT2D eigenvalue weighted by atomic mass is 9.89. The van der Waals surface area contributed by atoms with Crippen LogP contribution in [0.2, 0.25) is 5.02 Å². The number of anilines is 1. The van der Waals surface area contributed by atoms with Gasteiger partial charge in [-0.25, -0.2) is 4.79 Å². The van der Waals surface area contributed by atoms with E-state index in [-0.39, 0.29) is 5.54 Å². The number of thiocarbonyl (C=S) groups is 1. The maximum atomic E-state index is 11.9. The molecule has 154 valence electrons. The fourth-order valence-electron chi connectivity index (χ4n) is 4.01. The van der Waals surface area contributed by atoms with E-state index < -0.39 is 5.97 Å². The molecule has 1 fully saturated rings. The van der Waals surface area contributed by atoms with E-state index in [0.717, 1.165) is 25.7 Å². The van der Waals surface area contributed by atoms with Gasteiger partial charge in [-0.15, -0.1) is 0 Å². The number of benzene rings is 2. The van der Waals surface area contributed by atoms with Crippen molar-refractivity contribution in [2.75, 3.05) is 12.4 Å². The first-order valence-electron chi connectivity index (χ1n) is 9.93. The van der Waals surface area contributed by atoms with Gasteiger partial charge in [-0.05, 0) is 68.6 Å². The van der Waals surface area contributed by atoms with Crippen LogP contribution in [0.5, 0.6) is 0 Å². The number of methoxy groups -OCH3 is 1. The van der Waals surface area contributed by atoms with Crippen LogP contribution in [0.4, 0.5) is 5.69 Å². The van der Waals surface area contributed by atoms with Crippen LogP contribution in [-0.4, -0.2) is 23.7 Å². The number of nitrogens with one attached hydrogen (secondary N) is 2. The maximum Gasteiger partial charge on any atom is 0.339 e. The van der Waals surface area contributed by atoms with Crippen LogP contribution in [0.25, 0.3) is 0 Å². The van der Waals surface area contributed by atoms with Crippen LogP contribution in [0.15, 0.2) is 42.5 Å². The van der Waals surface area contributed by atoms with Gasteiger partial charge < -0.3 is 15.4 Å². The van der Waals surface area contributed by atoms with Crippen LogP contribution in [0.1, 0.15) is 53.6 Å². The van der Waals surface area contributed by atoms with Gasteiger partial charge in [0.25, 0.3) is 0 Å². The number of rotatable bonds is 6. The van der Waals surface area contributed by atoms with Gasteiger partial charge in [0.2, 0.25) is 0 Å². The number of halogens is 1. The highest BCUT2D eigenvalue weighted by Gasteiger charge is 2.34. The SMILES string of the molecule is COC(=O)c1cc(NC(=S)NC2(CCc3cccc(C)c3)CCCC2)ccc1Cl. The minimum absolute atomic E-state index is 0.00539. The second-order valence-electron chi connectivity index (χ2n) is 7.74. The molecular formula is C23H27ClN2O2S. The number of esters is 1. The molecule has 1 aliphatic carbocycles. The van der Waals surface area contributed by atoms with Crippen LogP contribution in [-0.2, 0) is 11.2 Å². The second-order valence-corrected chi connectivity index (χ2v) is 8.56. The molecule has 0 aromatic heterocycles. The lowest BCUT2D eigenvalue weighted by Gasteiger charge is -2.32. The number of carbonyl (C=O) groups is 1. The zero-order chi connectivity index (χ0) is 20.9. The Balaban J connectivity index is 1.66. The van der Waals surface area contributed by atoms with Gasteiger partial charge in [-0.1, -0.05) is 54.3 Å². The Hall–Kier alpha value is -2.11. The molecule has 4 nitrogen and oxygen atoms in total. The fourth-order valence-corrected chi connectivity index (χ4v) is 4.54. The molecule has 0 saturated heterocycles. The quantitative estimate of drug-likeness (QED) is 0.457. The Morgan fingerprint density at radius 2 is 1.97 bits per heavy atom. The highest BCUT2D eigenvalue weighted by molar-refractivity contribution is 7.80. The lowest BCUT2D eigenvalue weighted by Crippen LogP contribution is -2.48. The molecule has 2 N–H and O–H groups in total. The third-order valence-corrected chi connectivity index (χ3v) is 6.08. The molecule has 6 heteroatoms. The molecule has 0 bridgehead atoms. The number of ether oxygens (including phenoxy) is 1. The predicted molar refractivity (Wildman–Crippen MR) is 123 cm³/mol. The maximum absolute atomic E-state index is 11.9. The van der Waals surface area contributed by atoms with E-state index in [2.05, 4.69) is 41.8 Å². The van der Waals surface area contributed by atoms with Crippen molar-refractivity contribution in [2.45, 2.75) is 51.0 Å². The highest BCUT2D eigenvalue weighted by atomic mass is 35.5. The summed E-state index contributed by atoms with van der Waals surface area (Å²) in [6.45, 7) is 2.13. The van der Waals surface area contributed by atoms with Crippen LogP contribution < -0.4 is 10.6 Å². The monoisotopic (exact) mass is 430 g/mol. The summed E-state index contributed by atoms with van der Waals surface area (Å²) >= 11 is 11.7. The zero-order valence-electron chi connectivity index (χ0n) is 16.9. The Labute approximate surface area is 183 Å². The van der Waals surface area contributed by atoms with E-state index in [9.17, 15) is 4.79 Å². The van der Waals surface area contributed by atoms with Crippen molar-refractivity contribution in [2.24, 2.45) is 0 Å². The molecule has 0 atom stereocenters. The lowest BCUT2D eigenvalue weighted by molar-refractivity contribution is 0.0601. The molecule has 0 amide bonds. The summed E-state index contributed by atoms with van der Waals surface area (Å²) in [5.74, 6) is -0.469. The van der Waals surface area contributed by atoms with E-state index in [4.69, 9.17) is 28.6 Å². The topological polar surface area (TPSA) is 50.4 Å². The van der Waals surface area contributed by atoms with Crippen molar-refractivity contribution < 1.29 is 9.53 Å². The smallest absolute Gasteiger partial charge is 0.339 e. The molecule has 1 saturated carbocycles. The van der Waals surface area contributed by atoms with Crippen LogP contribution in [0.3, 0.4) is 0 Å². The van der Waals surface area contributed by atoms with Gasteiger partial charge in [0, 0.05) is 11.2 Å². The second kappa shape index (κ2) is 9.59. The van der Waals surface area contributed by atoms with Crippen molar-refractivity contribution in [1.82, 2.24) is 5.32 Å². The molecule has 0 heterocycles. The highest BCUT2D eigenvalue weighted by Crippen LogP contribution is 2.34. The van der Waals surface area contributed by atoms with Crippen molar-refractivity contribution in [3.8, 4) is 0 Å². The van der Waals surface area contributed by atoms with E-state index >= 15 is 0 Å². The van der Waals surface area contributed by atoms with Crippen LogP contribution in [0, 0.1) is 6.92 Å².